The number of halogens is 1. The minimum atomic E-state index is 0.758. The lowest BCUT2D eigenvalue weighted by molar-refractivity contribution is 0.547. The first-order valence-electron chi connectivity index (χ1n) is 6.11. The molecule has 0 unspecified atom stereocenters. The number of nitriles is 1. The van der Waals surface area contributed by atoms with Crippen LogP contribution in [0.1, 0.15) is 31.2 Å². The zero-order valence-corrected chi connectivity index (χ0v) is 11.7. The van der Waals surface area contributed by atoms with Gasteiger partial charge in [-0.05, 0) is 37.0 Å². The van der Waals surface area contributed by atoms with E-state index in [1.807, 2.05) is 18.2 Å². The Morgan fingerprint density at radius 1 is 1.41 bits per heavy atom. The van der Waals surface area contributed by atoms with E-state index in [0.717, 1.165) is 28.2 Å². The first-order chi connectivity index (χ1) is 8.20. The molecule has 1 saturated carbocycles. The van der Waals surface area contributed by atoms with Crippen molar-refractivity contribution >= 4 is 21.6 Å². The minimum absolute atomic E-state index is 0.758. The van der Waals surface area contributed by atoms with Crippen LogP contribution in [0.15, 0.2) is 22.7 Å². The third-order valence-corrected chi connectivity index (χ3v) is 3.99. The molecule has 0 aromatic heterocycles. The maximum atomic E-state index is 9.13. The number of hydrogen-bond donors (Lipinski definition) is 0. The van der Waals surface area contributed by atoms with E-state index in [0.29, 0.717) is 0 Å². The largest absolute Gasteiger partial charge is 0.373 e. The zero-order chi connectivity index (χ0) is 12.3. The number of hydrogen-bond acceptors (Lipinski definition) is 2. The van der Waals surface area contributed by atoms with Gasteiger partial charge in [0.05, 0.1) is 11.3 Å². The van der Waals surface area contributed by atoms with Crippen LogP contribution in [0.5, 0.6) is 0 Å². The standard InChI is InChI=1S/C14H17BrN2/c1-17(10-11-4-2-3-5-11)14-8-13(15)7-6-12(14)9-16/h6-8,11H,2-5,10H2,1H3. The summed E-state index contributed by atoms with van der Waals surface area (Å²) in [7, 11) is 2.08. The fraction of sp³-hybridized carbons (Fsp3) is 0.500. The van der Waals surface area contributed by atoms with Gasteiger partial charge in [-0.2, -0.15) is 5.26 Å². The van der Waals surface area contributed by atoms with Crippen molar-refractivity contribution in [2.24, 2.45) is 5.92 Å². The summed E-state index contributed by atoms with van der Waals surface area (Å²) in [6, 6.07) is 8.10. The third-order valence-electron chi connectivity index (χ3n) is 3.50. The second-order valence-corrected chi connectivity index (χ2v) is 5.72. The van der Waals surface area contributed by atoms with Gasteiger partial charge < -0.3 is 4.90 Å². The molecule has 0 saturated heterocycles. The molecule has 1 fully saturated rings. The van der Waals surface area contributed by atoms with Crippen LogP contribution in [0.4, 0.5) is 5.69 Å². The van der Waals surface area contributed by atoms with Gasteiger partial charge in [0.1, 0.15) is 6.07 Å². The number of rotatable bonds is 3. The molecule has 3 heteroatoms. The van der Waals surface area contributed by atoms with Gasteiger partial charge in [-0.3, -0.25) is 0 Å². The van der Waals surface area contributed by atoms with Crippen molar-refractivity contribution < 1.29 is 0 Å². The molecular formula is C14H17BrN2. The van der Waals surface area contributed by atoms with Crippen LogP contribution in [0.2, 0.25) is 0 Å². The molecule has 17 heavy (non-hydrogen) atoms. The van der Waals surface area contributed by atoms with Gasteiger partial charge in [-0.15, -0.1) is 0 Å². The predicted octanol–water partition coefficient (Wildman–Crippen LogP) is 3.95. The maximum absolute atomic E-state index is 9.13. The Morgan fingerprint density at radius 3 is 2.76 bits per heavy atom. The summed E-state index contributed by atoms with van der Waals surface area (Å²) in [6.07, 6.45) is 5.39. The predicted molar refractivity (Wildman–Crippen MR) is 74.1 cm³/mol. The quantitative estimate of drug-likeness (QED) is 0.843. The second kappa shape index (κ2) is 5.55. The van der Waals surface area contributed by atoms with Crippen molar-refractivity contribution in [2.75, 3.05) is 18.5 Å². The summed E-state index contributed by atoms with van der Waals surface area (Å²) >= 11 is 3.47. The van der Waals surface area contributed by atoms with Crippen molar-refractivity contribution in [3.63, 3.8) is 0 Å². The van der Waals surface area contributed by atoms with Crippen LogP contribution >= 0.6 is 15.9 Å². The van der Waals surface area contributed by atoms with E-state index >= 15 is 0 Å². The lowest BCUT2D eigenvalue weighted by Gasteiger charge is -2.24. The summed E-state index contributed by atoms with van der Waals surface area (Å²) in [5.41, 5.74) is 1.79. The lowest BCUT2D eigenvalue weighted by Crippen LogP contribution is -2.24. The highest BCUT2D eigenvalue weighted by Gasteiger charge is 2.18. The molecule has 0 spiro atoms. The fourth-order valence-electron chi connectivity index (χ4n) is 2.59. The highest BCUT2D eigenvalue weighted by atomic mass is 79.9. The van der Waals surface area contributed by atoms with Crippen molar-refractivity contribution in [3.8, 4) is 6.07 Å². The molecule has 1 aromatic rings. The normalized spacial score (nSPS) is 15.8. The number of benzene rings is 1. The van der Waals surface area contributed by atoms with Gasteiger partial charge in [0.2, 0.25) is 0 Å². The molecule has 90 valence electrons. The van der Waals surface area contributed by atoms with E-state index in [4.69, 9.17) is 5.26 Å². The molecule has 0 amide bonds. The van der Waals surface area contributed by atoms with Crippen molar-refractivity contribution in [1.29, 1.82) is 5.26 Å². The molecule has 2 nitrogen and oxygen atoms in total. The summed E-state index contributed by atoms with van der Waals surface area (Å²) in [5.74, 6) is 0.797. The summed E-state index contributed by atoms with van der Waals surface area (Å²) in [6.45, 7) is 1.06. The highest BCUT2D eigenvalue weighted by Crippen LogP contribution is 2.29. The Kier molecular flexibility index (Phi) is 4.06. The zero-order valence-electron chi connectivity index (χ0n) is 10.1. The average Bonchev–Trinajstić information content (AvgIpc) is 2.81. The molecule has 0 N–H and O–H groups in total. The van der Waals surface area contributed by atoms with Crippen LogP contribution in [0.25, 0.3) is 0 Å². The first-order valence-corrected chi connectivity index (χ1v) is 6.91. The number of nitrogens with zero attached hydrogens (tertiary/aromatic N) is 2. The Hall–Kier alpha value is -1.01. The van der Waals surface area contributed by atoms with Crippen LogP contribution in [-0.2, 0) is 0 Å². The van der Waals surface area contributed by atoms with E-state index in [1.54, 1.807) is 0 Å². The Bertz CT molecular complexity index is 430. The Morgan fingerprint density at radius 2 is 2.12 bits per heavy atom. The van der Waals surface area contributed by atoms with E-state index in [-0.39, 0.29) is 0 Å². The first kappa shape index (κ1) is 12.4. The molecule has 0 radical (unpaired) electrons. The second-order valence-electron chi connectivity index (χ2n) is 4.80. The van der Waals surface area contributed by atoms with Crippen molar-refractivity contribution in [3.05, 3.63) is 28.2 Å². The van der Waals surface area contributed by atoms with Crippen LogP contribution in [0, 0.1) is 17.2 Å². The fourth-order valence-corrected chi connectivity index (χ4v) is 2.94. The summed E-state index contributed by atoms with van der Waals surface area (Å²) < 4.78 is 1.03. The van der Waals surface area contributed by atoms with Crippen LogP contribution in [-0.4, -0.2) is 13.6 Å². The molecule has 0 bridgehead atoms. The smallest absolute Gasteiger partial charge is 0.101 e. The van der Waals surface area contributed by atoms with Gasteiger partial charge >= 0.3 is 0 Å². The average molecular weight is 293 g/mol. The monoisotopic (exact) mass is 292 g/mol. The number of anilines is 1. The topological polar surface area (TPSA) is 27.0 Å². The SMILES string of the molecule is CN(CC1CCCC1)c1cc(Br)ccc1C#N. The summed E-state index contributed by atoms with van der Waals surface area (Å²) in [4.78, 5) is 2.22. The molecule has 0 heterocycles. The van der Waals surface area contributed by atoms with Crippen molar-refractivity contribution in [1.82, 2.24) is 0 Å². The van der Waals surface area contributed by atoms with Gasteiger partial charge in [0, 0.05) is 18.1 Å². The van der Waals surface area contributed by atoms with Gasteiger partial charge in [-0.25, -0.2) is 0 Å². The van der Waals surface area contributed by atoms with Crippen LogP contribution < -0.4 is 4.90 Å². The molecular weight excluding hydrogens is 276 g/mol. The van der Waals surface area contributed by atoms with E-state index in [1.165, 1.54) is 25.7 Å². The molecule has 2 rings (SSSR count). The van der Waals surface area contributed by atoms with E-state index in [9.17, 15) is 0 Å². The molecule has 1 aromatic carbocycles. The van der Waals surface area contributed by atoms with Crippen molar-refractivity contribution in [2.45, 2.75) is 25.7 Å². The van der Waals surface area contributed by atoms with E-state index < -0.39 is 0 Å². The Labute approximate surface area is 111 Å². The maximum Gasteiger partial charge on any atom is 0.101 e. The Balaban J connectivity index is 2.14. The summed E-state index contributed by atoms with van der Waals surface area (Å²) in [5, 5.41) is 9.13. The van der Waals surface area contributed by atoms with E-state index in [2.05, 4.69) is 33.9 Å². The molecule has 0 atom stereocenters. The minimum Gasteiger partial charge on any atom is -0.373 e. The van der Waals surface area contributed by atoms with Gasteiger partial charge in [0.25, 0.3) is 0 Å². The van der Waals surface area contributed by atoms with Gasteiger partial charge in [-0.1, -0.05) is 28.8 Å². The third kappa shape index (κ3) is 3.01. The van der Waals surface area contributed by atoms with Gasteiger partial charge in [0.15, 0.2) is 0 Å². The molecule has 0 aliphatic heterocycles. The molecule has 1 aliphatic rings. The lowest BCUT2D eigenvalue weighted by atomic mass is 10.1. The highest BCUT2D eigenvalue weighted by molar-refractivity contribution is 9.10. The molecule has 1 aliphatic carbocycles. The van der Waals surface area contributed by atoms with Crippen LogP contribution in [0.3, 0.4) is 0 Å².